The van der Waals surface area contributed by atoms with Crippen molar-refractivity contribution in [1.82, 2.24) is 9.78 Å². The summed E-state index contributed by atoms with van der Waals surface area (Å²) in [6, 6.07) is 0. The number of hydrogen-bond acceptors (Lipinski definition) is 2. The van der Waals surface area contributed by atoms with E-state index in [1.807, 2.05) is 11.7 Å². The Kier molecular flexibility index (Phi) is 1.93. The molecule has 1 atom stereocenters. The molecule has 1 aromatic rings. The van der Waals surface area contributed by atoms with Gasteiger partial charge in [0.05, 0.1) is 5.69 Å². The van der Waals surface area contributed by atoms with E-state index in [0.717, 1.165) is 13.0 Å². The van der Waals surface area contributed by atoms with Gasteiger partial charge in [0, 0.05) is 19.2 Å². The molecule has 0 amide bonds. The minimum Gasteiger partial charge on any atom is -0.330 e. The molecular formula is C12H19N3. The Morgan fingerprint density at radius 2 is 2.33 bits per heavy atom. The summed E-state index contributed by atoms with van der Waals surface area (Å²) in [7, 11) is 2.03. The lowest BCUT2D eigenvalue weighted by Gasteiger charge is -2.30. The first-order valence-electron chi connectivity index (χ1n) is 5.98. The second-order valence-corrected chi connectivity index (χ2v) is 5.21. The number of nitrogens with two attached hydrogens (primary N) is 1. The van der Waals surface area contributed by atoms with Crippen LogP contribution in [0.5, 0.6) is 0 Å². The highest BCUT2D eigenvalue weighted by Gasteiger charge is 2.52. The van der Waals surface area contributed by atoms with E-state index in [9.17, 15) is 0 Å². The monoisotopic (exact) mass is 205 g/mol. The SMILES string of the molecule is Cn1cc2c(n1)C(CCN)C1(CC2)CC1. The molecule has 2 aliphatic carbocycles. The maximum atomic E-state index is 5.74. The van der Waals surface area contributed by atoms with E-state index >= 15 is 0 Å². The van der Waals surface area contributed by atoms with Crippen molar-refractivity contribution in [1.29, 1.82) is 0 Å². The van der Waals surface area contributed by atoms with Crippen molar-refractivity contribution in [2.75, 3.05) is 6.54 Å². The third-order valence-electron chi connectivity index (χ3n) is 4.25. The molecule has 1 fully saturated rings. The van der Waals surface area contributed by atoms with Gasteiger partial charge in [0.25, 0.3) is 0 Å². The quantitative estimate of drug-likeness (QED) is 0.796. The fraction of sp³-hybridized carbons (Fsp3) is 0.750. The molecule has 0 bridgehead atoms. The number of nitrogens with zero attached hydrogens (tertiary/aromatic N) is 2. The van der Waals surface area contributed by atoms with Crippen molar-refractivity contribution >= 4 is 0 Å². The van der Waals surface area contributed by atoms with Gasteiger partial charge < -0.3 is 5.73 Å². The van der Waals surface area contributed by atoms with E-state index in [0.29, 0.717) is 11.3 Å². The smallest absolute Gasteiger partial charge is 0.0693 e. The first-order valence-corrected chi connectivity index (χ1v) is 5.98. The van der Waals surface area contributed by atoms with Gasteiger partial charge in [-0.15, -0.1) is 0 Å². The summed E-state index contributed by atoms with van der Waals surface area (Å²) in [5.74, 6) is 0.646. The van der Waals surface area contributed by atoms with Crippen LogP contribution in [0, 0.1) is 5.41 Å². The zero-order valence-corrected chi connectivity index (χ0v) is 9.37. The molecule has 3 rings (SSSR count). The van der Waals surface area contributed by atoms with Crippen LogP contribution in [0.3, 0.4) is 0 Å². The lowest BCUT2D eigenvalue weighted by atomic mass is 9.74. The summed E-state index contributed by atoms with van der Waals surface area (Å²) in [4.78, 5) is 0. The highest BCUT2D eigenvalue weighted by molar-refractivity contribution is 5.30. The van der Waals surface area contributed by atoms with Crippen LogP contribution in [-0.2, 0) is 13.5 Å². The predicted octanol–water partition coefficient (Wildman–Crippen LogP) is 1.58. The van der Waals surface area contributed by atoms with Crippen LogP contribution in [-0.4, -0.2) is 16.3 Å². The molecule has 3 heteroatoms. The third kappa shape index (κ3) is 1.33. The average molecular weight is 205 g/mol. The van der Waals surface area contributed by atoms with Crippen LogP contribution in [0.15, 0.2) is 6.20 Å². The molecule has 1 spiro atoms. The molecule has 1 saturated carbocycles. The average Bonchev–Trinajstić information content (AvgIpc) is 2.88. The summed E-state index contributed by atoms with van der Waals surface area (Å²) < 4.78 is 1.97. The maximum Gasteiger partial charge on any atom is 0.0693 e. The van der Waals surface area contributed by atoms with Gasteiger partial charge in [-0.25, -0.2) is 0 Å². The van der Waals surface area contributed by atoms with Gasteiger partial charge in [-0.05, 0) is 49.6 Å². The highest BCUT2D eigenvalue weighted by atomic mass is 15.3. The normalized spacial score (nSPS) is 26.7. The number of aryl methyl sites for hydroxylation is 2. The zero-order chi connectivity index (χ0) is 10.5. The molecule has 2 aliphatic rings. The van der Waals surface area contributed by atoms with Crippen molar-refractivity contribution in [3.63, 3.8) is 0 Å². The number of hydrogen-bond donors (Lipinski definition) is 1. The second-order valence-electron chi connectivity index (χ2n) is 5.21. The molecule has 0 aromatic carbocycles. The fourth-order valence-corrected chi connectivity index (χ4v) is 3.26. The van der Waals surface area contributed by atoms with Gasteiger partial charge in [0.1, 0.15) is 0 Å². The number of rotatable bonds is 2. The molecule has 0 saturated heterocycles. The Balaban J connectivity index is 1.99. The summed E-state index contributed by atoms with van der Waals surface area (Å²) in [5, 5.41) is 4.65. The lowest BCUT2D eigenvalue weighted by molar-refractivity contribution is 0.327. The minimum absolute atomic E-state index is 0.598. The molecule has 1 unspecified atom stereocenters. The molecular weight excluding hydrogens is 186 g/mol. The van der Waals surface area contributed by atoms with Crippen molar-refractivity contribution in [2.24, 2.45) is 18.2 Å². The van der Waals surface area contributed by atoms with E-state index in [-0.39, 0.29) is 0 Å². The Bertz CT molecular complexity index is 376. The molecule has 0 radical (unpaired) electrons. The lowest BCUT2D eigenvalue weighted by Crippen LogP contribution is -2.24. The van der Waals surface area contributed by atoms with E-state index in [4.69, 9.17) is 5.73 Å². The van der Waals surface area contributed by atoms with Crippen LogP contribution < -0.4 is 5.73 Å². The van der Waals surface area contributed by atoms with Gasteiger partial charge in [-0.3, -0.25) is 4.68 Å². The zero-order valence-electron chi connectivity index (χ0n) is 9.37. The standard InChI is InChI=1S/C12H19N3/c1-15-8-9-2-4-12(5-6-12)10(3-7-13)11(9)14-15/h8,10H,2-7,13H2,1H3. The van der Waals surface area contributed by atoms with Crippen LogP contribution in [0.2, 0.25) is 0 Å². The molecule has 3 nitrogen and oxygen atoms in total. The Morgan fingerprint density at radius 3 is 3.00 bits per heavy atom. The van der Waals surface area contributed by atoms with E-state index in [1.165, 1.54) is 36.9 Å². The summed E-state index contributed by atoms with van der Waals surface area (Å²) >= 11 is 0. The van der Waals surface area contributed by atoms with E-state index in [2.05, 4.69) is 11.3 Å². The summed E-state index contributed by atoms with van der Waals surface area (Å²) in [5.41, 5.74) is 9.16. The fourth-order valence-electron chi connectivity index (χ4n) is 3.26. The summed E-state index contributed by atoms with van der Waals surface area (Å²) in [6.45, 7) is 0.794. The van der Waals surface area contributed by atoms with Gasteiger partial charge in [0.15, 0.2) is 0 Å². The van der Waals surface area contributed by atoms with Gasteiger partial charge in [-0.1, -0.05) is 0 Å². The first kappa shape index (κ1) is 9.40. The van der Waals surface area contributed by atoms with Crippen molar-refractivity contribution in [3.8, 4) is 0 Å². The van der Waals surface area contributed by atoms with Crippen molar-refractivity contribution < 1.29 is 0 Å². The van der Waals surface area contributed by atoms with Crippen LogP contribution >= 0.6 is 0 Å². The Morgan fingerprint density at radius 1 is 1.53 bits per heavy atom. The third-order valence-corrected chi connectivity index (χ3v) is 4.25. The van der Waals surface area contributed by atoms with Crippen LogP contribution in [0.4, 0.5) is 0 Å². The van der Waals surface area contributed by atoms with E-state index in [1.54, 1.807) is 0 Å². The first-order chi connectivity index (χ1) is 7.25. The molecule has 2 N–H and O–H groups in total. The van der Waals surface area contributed by atoms with Crippen LogP contribution in [0.25, 0.3) is 0 Å². The second kappa shape index (κ2) is 3.08. The van der Waals surface area contributed by atoms with Crippen LogP contribution in [0.1, 0.15) is 42.9 Å². The highest BCUT2D eigenvalue weighted by Crippen LogP contribution is 2.62. The number of aromatic nitrogens is 2. The van der Waals surface area contributed by atoms with Crippen molar-refractivity contribution in [2.45, 2.75) is 38.0 Å². The Labute approximate surface area is 90.7 Å². The van der Waals surface area contributed by atoms with Crippen molar-refractivity contribution in [3.05, 3.63) is 17.5 Å². The van der Waals surface area contributed by atoms with Gasteiger partial charge in [0.2, 0.25) is 0 Å². The topological polar surface area (TPSA) is 43.8 Å². The minimum atomic E-state index is 0.598. The van der Waals surface area contributed by atoms with Gasteiger partial charge >= 0.3 is 0 Å². The van der Waals surface area contributed by atoms with Gasteiger partial charge in [-0.2, -0.15) is 5.10 Å². The molecule has 1 aromatic heterocycles. The number of fused-ring (bicyclic) bond motifs is 1. The molecule has 1 heterocycles. The molecule has 15 heavy (non-hydrogen) atoms. The van der Waals surface area contributed by atoms with E-state index < -0.39 is 0 Å². The predicted molar refractivity (Wildman–Crippen MR) is 59.6 cm³/mol. The summed E-state index contributed by atoms with van der Waals surface area (Å²) in [6.07, 6.45) is 8.68. The largest absolute Gasteiger partial charge is 0.330 e. The Hall–Kier alpha value is -0.830. The molecule has 82 valence electrons. The molecule has 0 aliphatic heterocycles. The maximum absolute atomic E-state index is 5.74.